The second-order valence-electron chi connectivity index (χ2n) is 3.44. The normalized spacial score (nSPS) is 10.7. The number of likely N-dealkylation sites (N-methyl/N-ethyl adjacent to an activating group) is 1. The third-order valence-corrected chi connectivity index (χ3v) is 2.43. The topological polar surface area (TPSA) is 32.7 Å². The third kappa shape index (κ3) is 3.90. The minimum Gasteiger partial charge on any atom is -0.497 e. The molecule has 3 nitrogen and oxygen atoms in total. The van der Waals surface area contributed by atoms with E-state index in [2.05, 4.69) is 24.0 Å². The summed E-state index contributed by atoms with van der Waals surface area (Å²) in [6.07, 6.45) is 0. The summed E-state index contributed by atoms with van der Waals surface area (Å²) in [6.45, 7) is 4.86. The van der Waals surface area contributed by atoms with Gasteiger partial charge >= 0.3 is 0 Å². The van der Waals surface area contributed by atoms with Gasteiger partial charge in [0.25, 0.3) is 0 Å². The number of ether oxygens (including phenoxy) is 1. The molecule has 1 N–H and O–H groups in total. The molecule has 0 saturated heterocycles. The van der Waals surface area contributed by atoms with Crippen LogP contribution in [-0.4, -0.2) is 36.8 Å². The Hall–Kier alpha value is -1.06. The lowest BCUT2D eigenvalue weighted by Crippen LogP contribution is -2.25. The van der Waals surface area contributed by atoms with Crippen LogP contribution < -0.4 is 4.74 Å². The van der Waals surface area contributed by atoms with E-state index in [1.807, 2.05) is 12.1 Å². The van der Waals surface area contributed by atoms with Crippen molar-refractivity contribution in [1.29, 1.82) is 0 Å². The number of hydrogen-bond acceptors (Lipinski definition) is 3. The van der Waals surface area contributed by atoms with Crippen molar-refractivity contribution < 1.29 is 9.84 Å². The smallest absolute Gasteiger partial charge is 0.118 e. The Bertz CT molecular complexity index is 271. The maximum atomic E-state index is 8.87. The number of aliphatic hydroxyl groups excluding tert-OH is 1. The van der Waals surface area contributed by atoms with Gasteiger partial charge in [-0.1, -0.05) is 19.1 Å². The maximum Gasteiger partial charge on any atom is 0.118 e. The van der Waals surface area contributed by atoms with E-state index in [-0.39, 0.29) is 6.61 Å². The van der Waals surface area contributed by atoms with Crippen LogP contribution in [0, 0.1) is 0 Å². The molecule has 1 rings (SSSR count). The zero-order valence-corrected chi connectivity index (χ0v) is 9.44. The highest BCUT2D eigenvalue weighted by Crippen LogP contribution is 2.12. The van der Waals surface area contributed by atoms with Gasteiger partial charge in [0.1, 0.15) is 5.75 Å². The highest BCUT2D eigenvalue weighted by atomic mass is 16.5. The molecular weight excluding hydrogens is 190 g/mol. The SMILES string of the molecule is CCN(CCO)Cc1ccc(OC)cc1. The molecule has 0 aliphatic carbocycles. The van der Waals surface area contributed by atoms with Crippen LogP contribution >= 0.6 is 0 Å². The van der Waals surface area contributed by atoms with Gasteiger partial charge in [0, 0.05) is 13.1 Å². The predicted molar refractivity (Wildman–Crippen MR) is 61.0 cm³/mol. The molecule has 1 aromatic carbocycles. The molecule has 0 aliphatic heterocycles. The Kier molecular flexibility index (Phi) is 5.15. The van der Waals surface area contributed by atoms with Gasteiger partial charge in [0.15, 0.2) is 0 Å². The zero-order valence-electron chi connectivity index (χ0n) is 9.44. The van der Waals surface area contributed by atoms with Crippen LogP contribution in [-0.2, 0) is 6.54 Å². The lowest BCUT2D eigenvalue weighted by Gasteiger charge is -2.19. The summed E-state index contributed by atoms with van der Waals surface area (Å²) in [4.78, 5) is 2.20. The van der Waals surface area contributed by atoms with Crippen molar-refractivity contribution in [2.45, 2.75) is 13.5 Å². The summed E-state index contributed by atoms with van der Waals surface area (Å²) in [6, 6.07) is 8.03. The van der Waals surface area contributed by atoms with E-state index >= 15 is 0 Å². The Labute approximate surface area is 91.3 Å². The summed E-state index contributed by atoms with van der Waals surface area (Å²) in [7, 11) is 1.67. The minimum absolute atomic E-state index is 0.212. The number of hydrogen-bond donors (Lipinski definition) is 1. The van der Waals surface area contributed by atoms with E-state index in [4.69, 9.17) is 9.84 Å². The molecule has 0 unspecified atom stereocenters. The van der Waals surface area contributed by atoms with E-state index in [1.54, 1.807) is 7.11 Å². The van der Waals surface area contributed by atoms with E-state index in [1.165, 1.54) is 5.56 Å². The standard InChI is InChI=1S/C12H19NO2/c1-3-13(8-9-14)10-11-4-6-12(15-2)7-5-11/h4-7,14H,3,8-10H2,1-2H3. The molecule has 0 heterocycles. The predicted octanol–water partition coefficient (Wildman–Crippen LogP) is 1.51. The van der Waals surface area contributed by atoms with Crippen LogP contribution in [0.15, 0.2) is 24.3 Å². The monoisotopic (exact) mass is 209 g/mol. The van der Waals surface area contributed by atoms with Crippen LogP contribution in [0.4, 0.5) is 0 Å². The first-order valence-electron chi connectivity index (χ1n) is 5.26. The summed E-state index contributed by atoms with van der Waals surface area (Å²) < 4.78 is 5.09. The summed E-state index contributed by atoms with van der Waals surface area (Å²) in [5, 5.41) is 8.87. The Morgan fingerprint density at radius 2 is 1.93 bits per heavy atom. The molecule has 0 aliphatic rings. The first-order valence-corrected chi connectivity index (χ1v) is 5.26. The molecule has 0 bridgehead atoms. The zero-order chi connectivity index (χ0) is 11.1. The highest BCUT2D eigenvalue weighted by molar-refractivity contribution is 5.27. The molecule has 3 heteroatoms. The maximum absolute atomic E-state index is 8.87. The van der Waals surface area contributed by atoms with Gasteiger partial charge < -0.3 is 9.84 Å². The lowest BCUT2D eigenvalue weighted by molar-refractivity contribution is 0.197. The van der Waals surface area contributed by atoms with Gasteiger partial charge in [-0.05, 0) is 24.2 Å². The largest absolute Gasteiger partial charge is 0.497 e. The van der Waals surface area contributed by atoms with Gasteiger partial charge in [-0.15, -0.1) is 0 Å². The first-order chi connectivity index (χ1) is 7.30. The molecule has 0 aromatic heterocycles. The van der Waals surface area contributed by atoms with Crippen LogP contribution in [0.3, 0.4) is 0 Å². The fourth-order valence-electron chi connectivity index (χ4n) is 1.48. The Morgan fingerprint density at radius 3 is 2.40 bits per heavy atom. The molecule has 0 radical (unpaired) electrons. The number of nitrogens with zero attached hydrogens (tertiary/aromatic N) is 1. The van der Waals surface area contributed by atoms with E-state index in [0.29, 0.717) is 0 Å². The summed E-state index contributed by atoms with van der Waals surface area (Å²) >= 11 is 0. The van der Waals surface area contributed by atoms with E-state index < -0.39 is 0 Å². The molecule has 0 amide bonds. The number of aliphatic hydroxyl groups is 1. The third-order valence-electron chi connectivity index (χ3n) is 2.43. The number of methoxy groups -OCH3 is 1. The van der Waals surface area contributed by atoms with Crippen molar-refractivity contribution in [3.8, 4) is 5.75 Å². The first kappa shape index (κ1) is 12.0. The fraction of sp³-hybridized carbons (Fsp3) is 0.500. The molecule has 0 saturated carbocycles. The van der Waals surface area contributed by atoms with Crippen molar-refractivity contribution in [3.63, 3.8) is 0 Å². The van der Waals surface area contributed by atoms with Crippen molar-refractivity contribution in [1.82, 2.24) is 4.90 Å². The van der Waals surface area contributed by atoms with Crippen LogP contribution in [0.1, 0.15) is 12.5 Å². The van der Waals surface area contributed by atoms with Crippen LogP contribution in [0.5, 0.6) is 5.75 Å². The van der Waals surface area contributed by atoms with Crippen molar-refractivity contribution >= 4 is 0 Å². The van der Waals surface area contributed by atoms with Gasteiger partial charge in [0.05, 0.1) is 13.7 Å². The van der Waals surface area contributed by atoms with Crippen LogP contribution in [0.2, 0.25) is 0 Å². The molecule has 0 spiro atoms. The Balaban J connectivity index is 2.55. The van der Waals surface area contributed by atoms with E-state index in [0.717, 1.165) is 25.4 Å². The fourth-order valence-corrected chi connectivity index (χ4v) is 1.48. The van der Waals surface area contributed by atoms with Gasteiger partial charge in [-0.25, -0.2) is 0 Å². The quantitative estimate of drug-likeness (QED) is 0.771. The molecule has 0 atom stereocenters. The van der Waals surface area contributed by atoms with Crippen molar-refractivity contribution in [2.24, 2.45) is 0 Å². The molecule has 84 valence electrons. The van der Waals surface area contributed by atoms with Crippen molar-refractivity contribution in [3.05, 3.63) is 29.8 Å². The van der Waals surface area contributed by atoms with Gasteiger partial charge in [-0.3, -0.25) is 4.90 Å². The highest BCUT2D eigenvalue weighted by Gasteiger charge is 2.02. The number of rotatable bonds is 6. The average Bonchev–Trinajstić information content (AvgIpc) is 2.29. The van der Waals surface area contributed by atoms with Gasteiger partial charge in [-0.2, -0.15) is 0 Å². The molecular formula is C12H19NO2. The minimum atomic E-state index is 0.212. The van der Waals surface area contributed by atoms with Crippen molar-refractivity contribution in [2.75, 3.05) is 26.8 Å². The second-order valence-corrected chi connectivity index (χ2v) is 3.44. The molecule has 0 fully saturated rings. The summed E-state index contributed by atoms with van der Waals surface area (Å²) in [5.74, 6) is 0.879. The molecule has 15 heavy (non-hydrogen) atoms. The van der Waals surface area contributed by atoms with E-state index in [9.17, 15) is 0 Å². The summed E-state index contributed by atoms with van der Waals surface area (Å²) in [5.41, 5.74) is 1.24. The van der Waals surface area contributed by atoms with Crippen LogP contribution in [0.25, 0.3) is 0 Å². The van der Waals surface area contributed by atoms with Gasteiger partial charge in [0.2, 0.25) is 0 Å². The molecule has 1 aromatic rings. The lowest BCUT2D eigenvalue weighted by atomic mass is 10.2. The Morgan fingerprint density at radius 1 is 1.27 bits per heavy atom. The second kappa shape index (κ2) is 6.43. The average molecular weight is 209 g/mol. The number of benzene rings is 1.